The molecular weight excluding hydrogens is 228 g/mol. The van der Waals surface area contributed by atoms with E-state index in [4.69, 9.17) is 4.74 Å². The van der Waals surface area contributed by atoms with Gasteiger partial charge in [0.25, 0.3) is 0 Å². The first-order valence-electron chi connectivity index (χ1n) is 4.18. The third-order valence-corrected chi connectivity index (χ3v) is 2.24. The molecule has 0 saturated heterocycles. The van der Waals surface area contributed by atoms with Crippen LogP contribution in [0.5, 0.6) is 5.75 Å². The maximum atomic E-state index is 5.07. The van der Waals surface area contributed by atoms with Crippen LogP contribution < -0.4 is 4.74 Å². The van der Waals surface area contributed by atoms with E-state index in [0.717, 1.165) is 23.1 Å². The zero-order valence-electron chi connectivity index (χ0n) is 7.72. The Labute approximate surface area is 87.5 Å². The van der Waals surface area contributed by atoms with E-state index in [2.05, 4.69) is 34.6 Å². The largest absolute Gasteiger partial charge is 0.497 e. The second-order valence-electron chi connectivity index (χ2n) is 2.87. The van der Waals surface area contributed by atoms with Gasteiger partial charge in [0.15, 0.2) is 0 Å². The minimum Gasteiger partial charge on any atom is -0.497 e. The molecular formula is C11H13BrO. The Morgan fingerprint density at radius 2 is 2.00 bits per heavy atom. The number of benzene rings is 1. The van der Waals surface area contributed by atoms with Gasteiger partial charge in [-0.2, -0.15) is 0 Å². The van der Waals surface area contributed by atoms with E-state index in [1.165, 1.54) is 5.56 Å². The number of methoxy groups -OCH3 is 1. The quantitative estimate of drug-likeness (QED) is 0.783. The lowest BCUT2D eigenvalue weighted by Crippen LogP contribution is -1.86. The van der Waals surface area contributed by atoms with Crippen LogP contribution in [-0.2, 0) is 6.42 Å². The molecule has 1 rings (SSSR count). The summed E-state index contributed by atoms with van der Waals surface area (Å²) in [4.78, 5) is 0. The average molecular weight is 241 g/mol. The Balaban J connectivity index is 2.54. The van der Waals surface area contributed by atoms with Crippen LogP contribution in [0.1, 0.15) is 12.0 Å². The Bertz CT molecular complexity index is 277. The van der Waals surface area contributed by atoms with Crippen LogP contribution >= 0.6 is 15.9 Å². The molecule has 0 heterocycles. The van der Waals surface area contributed by atoms with E-state index in [1.54, 1.807) is 7.11 Å². The predicted molar refractivity (Wildman–Crippen MR) is 59.4 cm³/mol. The van der Waals surface area contributed by atoms with E-state index >= 15 is 0 Å². The Kier molecular flexibility index (Phi) is 4.03. The van der Waals surface area contributed by atoms with E-state index in [9.17, 15) is 0 Å². The van der Waals surface area contributed by atoms with Crippen LogP contribution in [0, 0.1) is 0 Å². The first-order valence-corrected chi connectivity index (χ1v) is 4.98. The van der Waals surface area contributed by atoms with Gasteiger partial charge >= 0.3 is 0 Å². The number of rotatable bonds is 4. The number of halogens is 1. The molecule has 0 N–H and O–H groups in total. The van der Waals surface area contributed by atoms with Crippen molar-refractivity contribution in [3.8, 4) is 5.75 Å². The van der Waals surface area contributed by atoms with Gasteiger partial charge in [-0.1, -0.05) is 34.6 Å². The smallest absolute Gasteiger partial charge is 0.118 e. The third kappa shape index (κ3) is 3.64. The molecule has 70 valence electrons. The van der Waals surface area contributed by atoms with Crippen molar-refractivity contribution in [1.82, 2.24) is 0 Å². The van der Waals surface area contributed by atoms with Crippen LogP contribution in [0.3, 0.4) is 0 Å². The number of ether oxygens (including phenoxy) is 1. The van der Waals surface area contributed by atoms with Crippen molar-refractivity contribution >= 4 is 15.9 Å². The van der Waals surface area contributed by atoms with Gasteiger partial charge in [-0.05, 0) is 35.0 Å². The lowest BCUT2D eigenvalue weighted by molar-refractivity contribution is 0.414. The highest BCUT2D eigenvalue weighted by molar-refractivity contribution is 9.11. The Morgan fingerprint density at radius 1 is 1.38 bits per heavy atom. The minimum absolute atomic E-state index is 0.904. The fourth-order valence-electron chi connectivity index (χ4n) is 1.07. The molecule has 2 heteroatoms. The molecule has 0 saturated carbocycles. The maximum absolute atomic E-state index is 5.07. The van der Waals surface area contributed by atoms with E-state index in [0.29, 0.717) is 0 Å². The summed E-state index contributed by atoms with van der Waals surface area (Å²) in [5.74, 6) is 0.904. The molecule has 0 spiro atoms. The molecule has 0 aliphatic carbocycles. The predicted octanol–water partition coefficient (Wildman–Crippen LogP) is 3.54. The summed E-state index contributed by atoms with van der Waals surface area (Å²) in [7, 11) is 1.68. The zero-order chi connectivity index (χ0) is 9.68. The summed E-state index contributed by atoms with van der Waals surface area (Å²) in [5, 5.41) is 0. The van der Waals surface area contributed by atoms with Gasteiger partial charge in [0.1, 0.15) is 5.75 Å². The van der Waals surface area contributed by atoms with Crippen molar-refractivity contribution in [2.75, 3.05) is 7.11 Å². The average Bonchev–Trinajstić information content (AvgIpc) is 2.15. The Morgan fingerprint density at radius 3 is 2.46 bits per heavy atom. The molecule has 0 unspecified atom stereocenters. The van der Waals surface area contributed by atoms with Gasteiger partial charge in [-0.25, -0.2) is 0 Å². The van der Waals surface area contributed by atoms with Gasteiger partial charge in [0.2, 0.25) is 0 Å². The molecule has 0 aliphatic heterocycles. The molecule has 0 radical (unpaired) electrons. The fourth-order valence-corrected chi connectivity index (χ4v) is 1.27. The molecule has 1 aromatic carbocycles. The summed E-state index contributed by atoms with van der Waals surface area (Å²) in [6, 6.07) is 8.11. The molecule has 0 atom stereocenters. The molecule has 0 fully saturated rings. The first-order chi connectivity index (χ1) is 6.22. The van der Waals surface area contributed by atoms with E-state index in [-0.39, 0.29) is 0 Å². The van der Waals surface area contributed by atoms with Gasteiger partial charge in [0, 0.05) is 0 Å². The number of hydrogen-bond acceptors (Lipinski definition) is 1. The van der Waals surface area contributed by atoms with Crippen molar-refractivity contribution in [3.63, 3.8) is 0 Å². The molecule has 0 aliphatic rings. The molecule has 1 nitrogen and oxygen atoms in total. The Hall–Kier alpha value is -0.760. The number of aryl methyl sites for hydroxylation is 1. The van der Waals surface area contributed by atoms with Gasteiger partial charge in [-0.3, -0.25) is 0 Å². The summed E-state index contributed by atoms with van der Waals surface area (Å²) in [5.41, 5.74) is 1.31. The number of allylic oxidation sites excluding steroid dienone is 1. The van der Waals surface area contributed by atoms with E-state index in [1.807, 2.05) is 12.1 Å². The van der Waals surface area contributed by atoms with E-state index < -0.39 is 0 Å². The zero-order valence-corrected chi connectivity index (χ0v) is 9.30. The van der Waals surface area contributed by atoms with Gasteiger partial charge in [0.05, 0.1) is 7.11 Å². The van der Waals surface area contributed by atoms with Crippen molar-refractivity contribution in [2.45, 2.75) is 12.8 Å². The van der Waals surface area contributed by atoms with Crippen molar-refractivity contribution < 1.29 is 4.74 Å². The molecule has 1 aromatic rings. The van der Waals surface area contributed by atoms with Gasteiger partial charge in [-0.15, -0.1) is 0 Å². The monoisotopic (exact) mass is 240 g/mol. The van der Waals surface area contributed by atoms with Crippen molar-refractivity contribution in [1.29, 1.82) is 0 Å². The second-order valence-corrected chi connectivity index (χ2v) is 3.99. The van der Waals surface area contributed by atoms with Crippen molar-refractivity contribution in [2.24, 2.45) is 0 Å². The van der Waals surface area contributed by atoms with Crippen LogP contribution in [0.4, 0.5) is 0 Å². The lowest BCUT2D eigenvalue weighted by Gasteiger charge is -2.02. The topological polar surface area (TPSA) is 9.23 Å². The standard InChI is InChI=1S/C11H13BrO/c1-9(12)3-4-10-5-7-11(13-2)8-6-10/h5-8H,1,3-4H2,2H3. The maximum Gasteiger partial charge on any atom is 0.118 e. The number of hydrogen-bond donors (Lipinski definition) is 0. The molecule has 13 heavy (non-hydrogen) atoms. The highest BCUT2D eigenvalue weighted by Crippen LogP contribution is 2.15. The van der Waals surface area contributed by atoms with Gasteiger partial charge < -0.3 is 4.74 Å². The lowest BCUT2D eigenvalue weighted by atomic mass is 10.1. The van der Waals surface area contributed by atoms with Crippen LogP contribution in [0.2, 0.25) is 0 Å². The van der Waals surface area contributed by atoms with Crippen LogP contribution in [0.15, 0.2) is 35.3 Å². The normalized spacial score (nSPS) is 9.69. The third-order valence-electron chi connectivity index (χ3n) is 1.84. The molecule has 0 bridgehead atoms. The summed E-state index contributed by atoms with van der Waals surface area (Å²) in [6.45, 7) is 3.80. The second kappa shape index (κ2) is 5.07. The highest BCUT2D eigenvalue weighted by Gasteiger charge is 1.95. The highest BCUT2D eigenvalue weighted by atomic mass is 79.9. The van der Waals surface area contributed by atoms with Crippen LogP contribution in [0.25, 0.3) is 0 Å². The SMILES string of the molecule is C=C(Br)CCc1ccc(OC)cc1. The fraction of sp³-hybridized carbons (Fsp3) is 0.273. The molecule has 0 aromatic heterocycles. The minimum atomic E-state index is 0.904. The summed E-state index contributed by atoms with van der Waals surface area (Å²) >= 11 is 3.34. The molecule has 0 amide bonds. The summed E-state index contributed by atoms with van der Waals surface area (Å²) < 4.78 is 6.11. The van der Waals surface area contributed by atoms with Crippen LogP contribution in [-0.4, -0.2) is 7.11 Å². The first kappa shape index (κ1) is 10.3. The summed E-state index contributed by atoms with van der Waals surface area (Å²) in [6.07, 6.45) is 2.00. The van der Waals surface area contributed by atoms with Crippen molar-refractivity contribution in [3.05, 3.63) is 40.9 Å².